The summed E-state index contributed by atoms with van der Waals surface area (Å²) < 4.78 is 0. The van der Waals surface area contributed by atoms with E-state index in [0.717, 1.165) is 24.1 Å². The van der Waals surface area contributed by atoms with Gasteiger partial charge in [-0.3, -0.25) is 0 Å². The van der Waals surface area contributed by atoms with Gasteiger partial charge in [-0.05, 0) is 36.8 Å². The van der Waals surface area contributed by atoms with Gasteiger partial charge in [0, 0.05) is 12.7 Å². The minimum absolute atomic E-state index is 0.494. The fourth-order valence-electron chi connectivity index (χ4n) is 2.40. The van der Waals surface area contributed by atoms with Crippen LogP contribution >= 0.6 is 0 Å². The molecular formula is C13H17N3. The predicted molar refractivity (Wildman–Crippen MR) is 63.9 cm³/mol. The first-order chi connectivity index (χ1) is 7.79. The molecule has 0 bridgehead atoms. The van der Waals surface area contributed by atoms with E-state index < -0.39 is 0 Å². The van der Waals surface area contributed by atoms with Crippen molar-refractivity contribution in [2.45, 2.75) is 26.2 Å². The third-order valence-electron chi connectivity index (χ3n) is 3.30. The molecule has 1 aliphatic rings. The lowest BCUT2D eigenvalue weighted by molar-refractivity contribution is 0.537. The minimum atomic E-state index is 0.494. The molecule has 1 saturated carbocycles. The van der Waals surface area contributed by atoms with E-state index >= 15 is 0 Å². The molecule has 16 heavy (non-hydrogen) atoms. The zero-order valence-corrected chi connectivity index (χ0v) is 9.61. The predicted octanol–water partition coefficient (Wildman–Crippen LogP) is 2.80. The van der Waals surface area contributed by atoms with Crippen LogP contribution in [0.4, 0.5) is 5.69 Å². The van der Waals surface area contributed by atoms with Gasteiger partial charge in [0.1, 0.15) is 6.07 Å². The molecule has 84 valence electrons. The average Bonchev–Trinajstić information content (AvgIpc) is 2.73. The topological polar surface area (TPSA) is 48.7 Å². The monoisotopic (exact) mass is 215 g/mol. The summed E-state index contributed by atoms with van der Waals surface area (Å²) in [5.41, 5.74) is 1.36. The van der Waals surface area contributed by atoms with Crippen LogP contribution in [0.15, 0.2) is 18.3 Å². The standard InChI is InChI=1S/C13H17N3/c1-10-4-5-11(7-10)9-16-12-3-2-6-15-13(12)8-14/h2-3,6,10-11,16H,4-5,7,9H2,1H3. The Labute approximate surface area is 96.5 Å². The summed E-state index contributed by atoms with van der Waals surface area (Å²) in [5.74, 6) is 1.61. The van der Waals surface area contributed by atoms with E-state index in [2.05, 4.69) is 23.3 Å². The second kappa shape index (κ2) is 4.98. The SMILES string of the molecule is CC1CCC(CNc2cccnc2C#N)C1. The zero-order valence-electron chi connectivity index (χ0n) is 9.61. The largest absolute Gasteiger partial charge is 0.382 e. The lowest BCUT2D eigenvalue weighted by Crippen LogP contribution is -2.12. The van der Waals surface area contributed by atoms with Crippen LogP contribution in [0, 0.1) is 23.2 Å². The van der Waals surface area contributed by atoms with Crippen molar-refractivity contribution in [1.82, 2.24) is 4.98 Å². The number of pyridine rings is 1. The Morgan fingerprint density at radius 3 is 3.12 bits per heavy atom. The molecule has 2 rings (SSSR count). The number of rotatable bonds is 3. The van der Waals surface area contributed by atoms with E-state index in [1.54, 1.807) is 6.20 Å². The molecule has 2 unspecified atom stereocenters. The number of nitriles is 1. The first kappa shape index (κ1) is 10.9. The summed E-state index contributed by atoms with van der Waals surface area (Å²) in [6.45, 7) is 3.27. The van der Waals surface area contributed by atoms with Gasteiger partial charge in [0.15, 0.2) is 5.69 Å². The number of aromatic nitrogens is 1. The molecule has 0 aromatic carbocycles. The quantitative estimate of drug-likeness (QED) is 0.843. The van der Waals surface area contributed by atoms with Crippen LogP contribution in [0.25, 0.3) is 0 Å². The molecule has 0 saturated heterocycles. The highest BCUT2D eigenvalue weighted by Crippen LogP contribution is 2.30. The van der Waals surface area contributed by atoms with Gasteiger partial charge < -0.3 is 5.32 Å². The van der Waals surface area contributed by atoms with Crippen LogP contribution in [-0.4, -0.2) is 11.5 Å². The maximum absolute atomic E-state index is 8.90. The Kier molecular flexibility index (Phi) is 3.40. The molecule has 1 aromatic rings. The Morgan fingerprint density at radius 2 is 2.44 bits per heavy atom. The minimum Gasteiger partial charge on any atom is -0.382 e. The second-order valence-corrected chi connectivity index (χ2v) is 4.68. The lowest BCUT2D eigenvalue weighted by atomic mass is 10.1. The van der Waals surface area contributed by atoms with Crippen LogP contribution in [-0.2, 0) is 0 Å². The summed E-state index contributed by atoms with van der Waals surface area (Å²) in [6.07, 6.45) is 5.59. The van der Waals surface area contributed by atoms with E-state index in [1.165, 1.54) is 19.3 Å². The van der Waals surface area contributed by atoms with Crippen LogP contribution in [0.2, 0.25) is 0 Å². The van der Waals surface area contributed by atoms with Gasteiger partial charge in [0.05, 0.1) is 5.69 Å². The number of hydrogen-bond acceptors (Lipinski definition) is 3. The van der Waals surface area contributed by atoms with Gasteiger partial charge in [0.25, 0.3) is 0 Å². The molecule has 1 aromatic heterocycles. The maximum Gasteiger partial charge on any atom is 0.163 e. The lowest BCUT2D eigenvalue weighted by Gasteiger charge is -2.12. The molecule has 1 aliphatic carbocycles. The van der Waals surface area contributed by atoms with Crippen molar-refractivity contribution in [3.8, 4) is 6.07 Å². The number of anilines is 1. The summed E-state index contributed by atoms with van der Waals surface area (Å²) in [4.78, 5) is 4.03. The number of hydrogen-bond donors (Lipinski definition) is 1. The van der Waals surface area contributed by atoms with Gasteiger partial charge in [0.2, 0.25) is 0 Å². The zero-order chi connectivity index (χ0) is 11.4. The smallest absolute Gasteiger partial charge is 0.163 e. The highest BCUT2D eigenvalue weighted by Gasteiger charge is 2.21. The summed E-state index contributed by atoms with van der Waals surface area (Å²) in [5, 5.41) is 12.2. The molecule has 3 heteroatoms. The number of nitrogens with zero attached hydrogens (tertiary/aromatic N) is 2. The Balaban J connectivity index is 1.92. The van der Waals surface area contributed by atoms with Gasteiger partial charge >= 0.3 is 0 Å². The third-order valence-corrected chi connectivity index (χ3v) is 3.30. The van der Waals surface area contributed by atoms with Gasteiger partial charge in [-0.1, -0.05) is 13.3 Å². The first-order valence-electron chi connectivity index (χ1n) is 5.88. The molecule has 1 N–H and O–H groups in total. The highest BCUT2D eigenvalue weighted by atomic mass is 14.9. The molecule has 0 spiro atoms. The molecule has 2 atom stereocenters. The molecule has 0 aliphatic heterocycles. The van der Waals surface area contributed by atoms with Gasteiger partial charge in [-0.2, -0.15) is 5.26 Å². The van der Waals surface area contributed by atoms with Gasteiger partial charge in [-0.15, -0.1) is 0 Å². The maximum atomic E-state index is 8.90. The molecule has 1 fully saturated rings. The van der Waals surface area contributed by atoms with E-state index in [-0.39, 0.29) is 0 Å². The molecule has 1 heterocycles. The first-order valence-corrected chi connectivity index (χ1v) is 5.88. The average molecular weight is 215 g/mol. The van der Waals surface area contributed by atoms with E-state index in [9.17, 15) is 0 Å². The summed E-state index contributed by atoms with van der Waals surface area (Å²) in [6, 6.07) is 5.89. The van der Waals surface area contributed by atoms with Crippen LogP contribution in [0.5, 0.6) is 0 Å². The van der Waals surface area contributed by atoms with E-state index in [0.29, 0.717) is 5.69 Å². The Morgan fingerprint density at radius 1 is 1.56 bits per heavy atom. The normalized spacial score (nSPS) is 24.0. The van der Waals surface area contributed by atoms with Crippen molar-refractivity contribution in [2.24, 2.45) is 11.8 Å². The van der Waals surface area contributed by atoms with E-state index in [1.807, 2.05) is 12.1 Å². The van der Waals surface area contributed by atoms with Crippen molar-refractivity contribution < 1.29 is 0 Å². The highest BCUT2D eigenvalue weighted by molar-refractivity contribution is 5.53. The third kappa shape index (κ3) is 2.52. The molecule has 0 radical (unpaired) electrons. The van der Waals surface area contributed by atoms with Crippen LogP contribution < -0.4 is 5.32 Å². The van der Waals surface area contributed by atoms with Crippen molar-refractivity contribution in [2.75, 3.05) is 11.9 Å². The summed E-state index contributed by atoms with van der Waals surface area (Å²) in [7, 11) is 0. The molecule has 3 nitrogen and oxygen atoms in total. The fourth-order valence-corrected chi connectivity index (χ4v) is 2.40. The van der Waals surface area contributed by atoms with Gasteiger partial charge in [-0.25, -0.2) is 4.98 Å². The van der Waals surface area contributed by atoms with Crippen molar-refractivity contribution in [3.63, 3.8) is 0 Å². The van der Waals surface area contributed by atoms with Crippen LogP contribution in [0.3, 0.4) is 0 Å². The van der Waals surface area contributed by atoms with Crippen molar-refractivity contribution in [3.05, 3.63) is 24.0 Å². The molecule has 0 amide bonds. The Hall–Kier alpha value is -1.56. The Bertz CT molecular complexity index is 394. The fraction of sp³-hybridized carbons (Fsp3) is 0.538. The van der Waals surface area contributed by atoms with Crippen molar-refractivity contribution >= 4 is 5.69 Å². The summed E-state index contributed by atoms with van der Waals surface area (Å²) >= 11 is 0. The number of nitrogens with one attached hydrogen (secondary N) is 1. The second-order valence-electron chi connectivity index (χ2n) is 4.68. The molecular weight excluding hydrogens is 198 g/mol. The van der Waals surface area contributed by atoms with E-state index in [4.69, 9.17) is 5.26 Å². The van der Waals surface area contributed by atoms with Crippen molar-refractivity contribution in [1.29, 1.82) is 5.26 Å². The van der Waals surface area contributed by atoms with Crippen LogP contribution in [0.1, 0.15) is 31.9 Å².